The molecule has 3 fully saturated rings. The molecular weight excluding hydrogens is 1330 g/mol. The first-order valence-electron chi connectivity index (χ1n) is 34.8. The van der Waals surface area contributed by atoms with Crippen LogP contribution in [0.2, 0.25) is 0 Å². The van der Waals surface area contributed by atoms with Gasteiger partial charge in [0.1, 0.15) is 54.2 Å². The number of aliphatic hydroxyl groups is 1. The van der Waals surface area contributed by atoms with Crippen LogP contribution < -0.4 is 9.47 Å². The highest BCUT2D eigenvalue weighted by Crippen LogP contribution is 2.48. The van der Waals surface area contributed by atoms with Gasteiger partial charge in [-0.3, -0.25) is 29.2 Å². The fourth-order valence-electron chi connectivity index (χ4n) is 10.9. The van der Waals surface area contributed by atoms with Crippen molar-refractivity contribution in [3.05, 3.63) is 162 Å². The topological polar surface area (TPSA) is 253 Å². The summed E-state index contributed by atoms with van der Waals surface area (Å²) in [6.45, 7) is 22.1. The van der Waals surface area contributed by atoms with Crippen LogP contribution in [0.5, 0.6) is 17.2 Å². The normalized spacial score (nSPS) is 16.5. The van der Waals surface area contributed by atoms with E-state index in [1.54, 1.807) is 12.1 Å². The van der Waals surface area contributed by atoms with Gasteiger partial charge in [0.25, 0.3) is 0 Å². The Kier molecular flexibility index (Phi) is 32.6. The SMILES string of the molecule is CCC(C)(C)C(=O)OC1CCCCO1.CCC(C)(C)C(=O)OCCN1C(=O)N(COC)C2C1N(COC)C(=O)N2COC.CCC(C)c1ccc(O)cc1.CCC(C)c1ccc(OCCCOc2ccc(S(=O)(=O)[O-])cc2)cc1.OCCc1ccc(-[s+]2c3ccccc3c3ccccc32)cc1. The number of aromatic hydroxyl groups is 1. The minimum Gasteiger partial charge on any atom is -0.744 e. The lowest BCUT2D eigenvalue weighted by atomic mass is 9.91. The van der Waals surface area contributed by atoms with E-state index in [4.69, 9.17) is 48.1 Å². The van der Waals surface area contributed by atoms with Gasteiger partial charge < -0.3 is 52.7 Å². The number of carbonyl (C=O) groups is 4. The number of nitrogens with zero attached hydrogens (tertiary/aromatic N) is 4. The summed E-state index contributed by atoms with van der Waals surface area (Å²) in [5, 5.41) is 20.8. The smallest absolute Gasteiger partial charge is 0.327 e. The predicted molar refractivity (Wildman–Crippen MR) is 393 cm³/mol. The van der Waals surface area contributed by atoms with Crippen LogP contribution in [0.4, 0.5) is 9.59 Å². The number of esters is 2. The lowest BCUT2D eigenvalue weighted by Gasteiger charge is -2.29. The van der Waals surface area contributed by atoms with Crippen LogP contribution in [-0.2, 0) is 54.5 Å². The maximum Gasteiger partial charge on any atom is 0.327 e. The van der Waals surface area contributed by atoms with Crippen molar-refractivity contribution in [1.29, 1.82) is 0 Å². The molecule has 3 saturated heterocycles. The average Bonchev–Trinajstić information content (AvgIpc) is 1.57. The molecule has 5 unspecified atom stereocenters. The number of fused-ring (bicyclic) bond motifs is 4. The van der Waals surface area contributed by atoms with Gasteiger partial charge in [0.15, 0.2) is 26.6 Å². The second kappa shape index (κ2) is 40.1. The highest BCUT2D eigenvalue weighted by molar-refractivity contribution is 7.85. The van der Waals surface area contributed by atoms with Crippen LogP contribution in [0.1, 0.15) is 149 Å². The van der Waals surface area contributed by atoms with Crippen molar-refractivity contribution in [2.45, 2.75) is 162 Å². The molecule has 4 heterocycles. The number of aliphatic hydroxyl groups excluding tert-OH is 1. The number of hydrogen-bond donors (Lipinski definition) is 2. The second-order valence-electron chi connectivity index (χ2n) is 26.2. The quantitative estimate of drug-likeness (QED) is 0.0200. The molecule has 3 aliphatic heterocycles. The zero-order valence-electron chi connectivity index (χ0n) is 61.1. The molecule has 0 radical (unpaired) electrons. The first-order chi connectivity index (χ1) is 48.3. The summed E-state index contributed by atoms with van der Waals surface area (Å²) in [5.41, 5.74) is 2.81. The zero-order valence-corrected chi connectivity index (χ0v) is 62.7. The number of rotatable bonds is 28. The number of amides is 4. The molecule has 0 spiro atoms. The monoisotopic (exact) mass is 1430 g/mol. The van der Waals surface area contributed by atoms with Gasteiger partial charge in [0.05, 0.1) is 42.1 Å². The van der Waals surface area contributed by atoms with Crippen LogP contribution in [-0.4, -0.2) is 167 Å². The maximum atomic E-state index is 13.0. The Hall–Kier alpha value is -7.87. The van der Waals surface area contributed by atoms with Crippen molar-refractivity contribution in [3.8, 4) is 22.1 Å². The molecule has 10 rings (SSSR count). The van der Waals surface area contributed by atoms with Gasteiger partial charge in [0.2, 0.25) is 6.29 Å². The van der Waals surface area contributed by atoms with E-state index in [0.717, 1.165) is 50.7 Å². The van der Waals surface area contributed by atoms with E-state index >= 15 is 0 Å². The summed E-state index contributed by atoms with van der Waals surface area (Å²) >= 11 is 0. The Labute approximate surface area is 600 Å². The van der Waals surface area contributed by atoms with Gasteiger partial charge in [0, 0.05) is 62.0 Å². The summed E-state index contributed by atoms with van der Waals surface area (Å²) in [6.07, 6.45) is 6.58. The Balaban J connectivity index is 0.000000206. The second-order valence-corrected chi connectivity index (χ2v) is 29.6. The lowest BCUT2D eigenvalue weighted by molar-refractivity contribution is -0.196. The highest BCUT2D eigenvalue weighted by atomic mass is 32.2. The molecule has 23 heteroatoms. The van der Waals surface area contributed by atoms with Gasteiger partial charge in [-0.15, -0.1) is 0 Å². The third-order valence-electron chi connectivity index (χ3n) is 18.3. The molecule has 3 aliphatic rings. The van der Waals surface area contributed by atoms with Crippen LogP contribution in [0, 0.1) is 10.8 Å². The van der Waals surface area contributed by atoms with Crippen molar-refractivity contribution >= 4 is 64.8 Å². The number of hydrogen-bond acceptors (Lipinski definition) is 17. The van der Waals surface area contributed by atoms with E-state index in [0.29, 0.717) is 56.0 Å². The number of thiophene rings is 1. The van der Waals surface area contributed by atoms with Crippen molar-refractivity contribution < 1.29 is 80.3 Å². The number of urea groups is 2. The third-order valence-corrected chi connectivity index (χ3v) is 21.5. The number of phenolic OH excluding ortho intramolecular Hbond substituents is 1. The molecule has 0 aliphatic carbocycles. The zero-order chi connectivity index (χ0) is 73.9. The summed E-state index contributed by atoms with van der Waals surface area (Å²) in [5.74, 6) is 2.36. The van der Waals surface area contributed by atoms with E-state index in [-0.39, 0.29) is 91.0 Å². The van der Waals surface area contributed by atoms with Crippen LogP contribution in [0.25, 0.3) is 25.1 Å². The number of carbonyl (C=O) groups excluding carboxylic acids is 4. The Morgan fingerprint density at radius 3 is 1.51 bits per heavy atom. The van der Waals surface area contributed by atoms with Crippen molar-refractivity contribution in [1.82, 2.24) is 19.6 Å². The van der Waals surface area contributed by atoms with E-state index in [9.17, 15) is 32.1 Å². The Morgan fingerprint density at radius 2 is 1.07 bits per heavy atom. The Morgan fingerprint density at radius 1 is 0.614 bits per heavy atom. The molecule has 2 N–H and O–H groups in total. The van der Waals surface area contributed by atoms with Crippen molar-refractivity contribution in [2.75, 3.05) is 81.1 Å². The molecule has 7 aromatic rings. The number of ether oxygens (including phenoxy) is 8. The average molecular weight is 1440 g/mol. The minimum atomic E-state index is -4.42. The molecule has 1 aromatic heterocycles. The molecule has 21 nitrogen and oxygen atoms in total. The highest BCUT2D eigenvalue weighted by Gasteiger charge is 2.59. The van der Waals surface area contributed by atoms with E-state index in [1.165, 1.54) is 107 Å². The standard InChI is InChI=1S/C20H17OS.C19H24O5S.C18H32N4O7.C11H20O3.C10H14O/c21-14-13-15-9-11-16(12-10-15)22-19-7-3-1-5-17(19)18-6-2-4-8-20(18)22;1-3-15(2)16-5-7-17(8-6-16)23-13-4-14-24-18-9-11-19(12-10-18)25(20,21)22;1-7-18(2,3)15(23)29-9-8-19-13-14(21(11-27-5)16(19)24)22(12-28-6)17(25)20(13)10-26-4;1-4-11(2,3)10(12)14-9-7-5-6-8-13-9;1-3-8(2)9-4-6-10(11)7-5-9/h1-12,21H,13-14H2;5-12,15H,3-4,13-14H2,1-2H3,(H,20,21,22);13-14H,7-12H2,1-6H3;9H,4-8H2,1-3H3;4-8,11H,3H2,1-2H3/q+1;;;;/p-1. The van der Waals surface area contributed by atoms with Gasteiger partial charge in [-0.25, -0.2) is 18.0 Å². The van der Waals surface area contributed by atoms with Gasteiger partial charge >= 0.3 is 24.0 Å². The summed E-state index contributed by atoms with van der Waals surface area (Å²) in [7, 11) is -0.000780. The molecule has 101 heavy (non-hydrogen) atoms. The molecule has 0 saturated carbocycles. The largest absolute Gasteiger partial charge is 0.744 e. The van der Waals surface area contributed by atoms with Gasteiger partial charge in [-0.1, -0.05) is 102 Å². The molecule has 4 amide bonds. The van der Waals surface area contributed by atoms with Crippen molar-refractivity contribution in [3.63, 3.8) is 0 Å². The number of methoxy groups -OCH3 is 3. The number of benzene rings is 6. The Bertz CT molecular complexity index is 3730. The first kappa shape index (κ1) is 82.1. The third kappa shape index (κ3) is 23.1. The van der Waals surface area contributed by atoms with Crippen LogP contribution in [0.15, 0.2) is 150 Å². The molecule has 552 valence electrons. The van der Waals surface area contributed by atoms with Gasteiger partial charge in [-0.05, 0) is 186 Å². The van der Waals surface area contributed by atoms with Crippen molar-refractivity contribution in [2.24, 2.45) is 10.8 Å². The molecule has 5 atom stereocenters. The van der Waals surface area contributed by atoms with E-state index in [2.05, 4.69) is 113 Å². The van der Waals surface area contributed by atoms with Gasteiger partial charge in [-0.2, -0.15) is 0 Å². The summed E-state index contributed by atoms with van der Waals surface area (Å²) < 4.78 is 78.1. The minimum absolute atomic E-state index is 0.00741. The maximum absolute atomic E-state index is 13.0. The lowest BCUT2D eigenvalue weighted by Crippen LogP contribution is -2.48. The molecular formula is C78H106N4O17S2. The van der Waals surface area contributed by atoms with Crippen LogP contribution in [0.3, 0.4) is 0 Å². The predicted octanol–water partition coefficient (Wildman–Crippen LogP) is 15.5. The molecule has 0 bridgehead atoms. The van der Waals surface area contributed by atoms with Crippen LogP contribution >= 0.6 is 10.5 Å². The van der Waals surface area contributed by atoms with E-state index in [1.807, 2.05) is 65.8 Å². The fraction of sp³-hybridized carbons (Fsp3) is 0.487. The number of phenols is 1. The van der Waals surface area contributed by atoms with E-state index < -0.39 is 27.9 Å². The summed E-state index contributed by atoms with van der Waals surface area (Å²) in [4.78, 5) is 56.7. The first-order valence-corrected chi connectivity index (χ1v) is 37.4. The fourth-order valence-corrected chi connectivity index (χ4v) is 13.8. The summed E-state index contributed by atoms with van der Waals surface area (Å²) in [6, 6.07) is 46.5. The molecule has 6 aromatic carbocycles.